The van der Waals surface area contributed by atoms with Gasteiger partial charge in [0.25, 0.3) is 0 Å². The number of nitrogens with one attached hydrogen (secondary N) is 1. The number of fused-ring (bicyclic) bond motifs is 1. The van der Waals surface area contributed by atoms with Crippen molar-refractivity contribution < 1.29 is 4.79 Å². The second-order valence-electron chi connectivity index (χ2n) is 2.88. The highest BCUT2D eigenvalue weighted by molar-refractivity contribution is 5.73. The fourth-order valence-electron chi connectivity index (χ4n) is 1.31. The largest absolute Gasteiger partial charge is 0.352 e. The minimum absolute atomic E-state index is 0.415. The van der Waals surface area contributed by atoms with E-state index < -0.39 is 6.03 Å². The summed E-state index contributed by atoms with van der Waals surface area (Å²) in [4.78, 5) is 16.5. The molecule has 1 aliphatic rings. The molecule has 0 unspecified atom stereocenters. The van der Waals surface area contributed by atoms with Gasteiger partial charge >= 0.3 is 6.03 Å². The van der Waals surface area contributed by atoms with Crippen molar-refractivity contribution in [1.29, 1.82) is 0 Å². The number of primary amides is 1. The lowest BCUT2D eigenvalue weighted by molar-refractivity contribution is 0.207. The molecule has 1 aliphatic heterocycles. The van der Waals surface area contributed by atoms with Gasteiger partial charge in [0.2, 0.25) is 0 Å². The summed E-state index contributed by atoms with van der Waals surface area (Å²) in [6.07, 6.45) is 1.71. The van der Waals surface area contributed by atoms with Crippen molar-refractivity contribution in [3.05, 3.63) is 23.9 Å². The van der Waals surface area contributed by atoms with Crippen LogP contribution in [0.5, 0.6) is 0 Å². The molecule has 1 aromatic heterocycles. The van der Waals surface area contributed by atoms with Crippen LogP contribution in [0.15, 0.2) is 18.3 Å². The van der Waals surface area contributed by atoms with E-state index in [9.17, 15) is 4.79 Å². The van der Waals surface area contributed by atoms with Crippen molar-refractivity contribution in [1.82, 2.24) is 9.88 Å². The van der Waals surface area contributed by atoms with E-state index in [1.165, 1.54) is 4.90 Å². The molecular formula is C8H10N4O. The summed E-state index contributed by atoms with van der Waals surface area (Å²) >= 11 is 0. The van der Waals surface area contributed by atoms with E-state index in [0.29, 0.717) is 13.2 Å². The number of hydrogen-bond donors (Lipinski definition) is 2. The van der Waals surface area contributed by atoms with Crippen molar-refractivity contribution in [3.8, 4) is 0 Å². The SMILES string of the molecule is NC(=O)N1CNc2ncccc2C1. The Labute approximate surface area is 75.6 Å². The lowest BCUT2D eigenvalue weighted by Crippen LogP contribution is -2.41. The first kappa shape index (κ1) is 7.85. The van der Waals surface area contributed by atoms with Gasteiger partial charge in [-0.25, -0.2) is 9.78 Å². The van der Waals surface area contributed by atoms with E-state index in [1.54, 1.807) is 6.20 Å². The Kier molecular flexibility index (Phi) is 1.77. The summed E-state index contributed by atoms with van der Waals surface area (Å²) in [5.41, 5.74) is 6.14. The molecule has 0 aromatic carbocycles. The van der Waals surface area contributed by atoms with Crippen LogP contribution in [0, 0.1) is 0 Å². The smallest absolute Gasteiger partial charge is 0.316 e. The molecule has 3 N–H and O–H groups in total. The Hall–Kier alpha value is -1.78. The summed E-state index contributed by atoms with van der Waals surface area (Å²) in [7, 11) is 0. The standard InChI is InChI=1S/C8H10N4O/c9-8(13)12-4-6-2-1-3-10-7(6)11-5-12/h1-3H,4-5H2,(H2,9,13)(H,10,11). The zero-order valence-corrected chi connectivity index (χ0v) is 7.03. The second kappa shape index (κ2) is 2.93. The van der Waals surface area contributed by atoms with Gasteiger partial charge < -0.3 is 16.0 Å². The normalized spacial score (nSPS) is 14.6. The third kappa shape index (κ3) is 1.40. The third-order valence-electron chi connectivity index (χ3n) is 2.00. The van der Waals surface area contributed by atoms with Crippen LogP contribution in [0.25, 0.3) is 0 Å². The van der Waals surface area contributed by atoms with E-state index >= 15 is 0 Å². The van der Waals surface area contributed by atoms with Crippen molar-refractivity contribution >= 4 is 11.8 Å². The maximum atomic E-state index is 10.9. The predicted molar refractivity (Wildman–Crippen MR) is 47.9 cm³/mol. The highest BCUT2D eigenvalue weighted by atomic mass is 16.2. The third-order valence-corrected chi connectivity index (χ3v) is 2.00. The molecule has 5 heteroatoms. The second-order valence-corrected chi connectivity index (χ2v) is 2.88. The van der Waals surface area contributed by atoms with E-state index in [-0.39, 0.29) is 0 Å². The molecule has 0 saturated carbocycles. The molecule has 0 radical (unpaired) electrons. The number of nitrogens with two attached hydrogens (primary N) is 1. The average Bonchev–Trinajstić information content (AvgIpc) is 2.17. The molecule has 2 heterocycles. The van der Waals surface area contributed by atoms with Gasteiger partial charge in [-0.2, -0.15) is 0 Å². The molecular weight excluding hydrogens is 168 g/mol. The first-order valence-electron chi connectivity index (χ1n) is 3.99. The van der Waals surface area contributed by atoms with Crippen LogP contribution in [-0.4, -0.2) is 22.6 Å². The Morgan fingerprint density at radius 2 is 2.54 bits per heavy atom. The lowest BCUT2D eigenvalue weighted by atomic mass is 10.2. The molecule has 0 fully saturated rings. The van der Waals surface area contributed by atoms with E-state index in [1.807, 2.05) is 12.1 Å². The summed E-state index contributed by atoms with van der Waals surface area (Å²) in [6, 6.07) is 3.34. The molecule has 5 nitrogen and oxygen atoms in total. The maximum absolute atomic E-state index is 10.9. The highest BCUT2D eigenvalue weighted by Gasteiger charge is 2.17. The minimum atomic E-state index is -0.415. The van der Waals surface area contributed by atoms with Crippen LogP contribution >= 0.6 is 0 Å². The van der Waals surface area contributed by atoms with E-state index in [2.05, 4.69) is 10.3 Å². The van der Waals surface area contributed by atoms with Gasteiger partial charge in [0.05, 0.1) is 13.2 Å². The van der Waals surface area contributed by atoms with Crippen LogP contribution < -0.4 is 11.1 Å². The fourth-order valence-corrected chi connectivity index (χ4v) is 1.31. The lowest BCUT2D eigenvalue weighted by Gasteiger charge is -2.27. The van der Waals surface area contributed by atoms with Gasteiger partial charge in [-0.3, -0.25) is 0 Å². The molecule has 0 aliphatic carbocycles. The zero-order valence-electron chi connectivity index (χ0n) is 7.03. The van der Waals surface area contributed by atoms with Crippen molar-refractivity contribution in [2.45, 2.75) is 6.54 Å². The Morgan fingerprint density at radius 3 is 3.31 bits per heavy atom. The summed E-state index contributed by atoms with van der Waals surface area (Å²) < 4.78 is 0. The quantitative estimate of drug-likeness (QED) is 0.602. The molecule has 0 spiro atoms. The van der Waals surface area contributed by atoms with Crippen LogP contribution in [0.1, 0.15) is 5.56 Å². The summed E-state index contributed by atoms with van der Waals surface area (Å²) in [5.74, 6) is 0.833. The number of carbonyl (C=O) groups is 1. The highest BCUT2D eigenvalue weighted by Crippen LogP contribution is 2.17. The summed E-state index contributed by atoms with van der Waals surface area (Å²) in [6.45, 7) is 0.963. The van der Waals surface area contributed by atoms with Gasteiger partial charge in [0, 0.05) is 11.8 Å². The monoisotopic (exact) mass is 178 g/mol. The first-order chi connectivity index (χ1) is 6.27. The van der Waals surface area contributed by atoms with Gasteiger partial charge in [-0.1, -0.05) is 6.07 Å². The molecule has 13 heavy (non-hydrogen) atoms. The number of nitrogens with zero attached hydrogens (tertiary/aromatic N) is 2. The predicted octanol–water partition coefficient (Wildman–Crippen LogP) is 0.345. The van der Waals surface area contributed by atoms with Crippen LogP contribution in [0.2, 0.25) is 0 Å². The Balaban J connectivity index is 2.24. The van der Waals surface area contributed by atoms with Crippen LogP contribution in [0.4, 0.5) is 10.6 Å². The summed E-state index contributed by atoms with van der Waals surface area (Å²) in [5, 5.41) is 3.01. The minimum Gasteiger partial charge on any atom is -0.352 e. The molecule has 0 bridgehead atoms. The Bertz CT molecular complexity index is 339. The average molecular weight is 178 g/mol. The van der Waals surface area contributed by atoms with Gasteiger partial charge in [-0.15, -0.1) is 0 Å². The fraction of sp³-hybridized carbons (Fsp3) is 0.250. The molecule has 0 atom stereocenters. The van der Waals surface area contributed by atoms with Crippen molar-refractivity contribution in [2.75, 3.05) is 12.0 Å². The number of aromatic nitrogens is 1. The number of rotatable bonds is 0. The zero-order chi connectivity index (χ0) is 9.26. The number of carbonyl (C=O) groups excluding carboxylic acids is 1. The van der Waals surface area contributed by atoms with E-state index in [0.717, 1.165) is 11.4 Å². The van der Waals surface area contributed by atoms with Gasteiger partial charge in [-0.05, 0) is 6.07 Å². The van der Waals surface area contributed by atoms with E-state index in [4.69, 9.17) is 5.73 Å². The van der Waals surface area contributed by atoms with Crippen molar-refractivity contribution in [2.24, 2.45) is 5.73 Å². The number of pyridine rings is 1. The van der Waals surface area contributed by atoms with Crippen LogP contribution in [-0.2, 0) is 6.54 Å². The van der Waals surface area contributed by atoms with Crippen molar-refractivity contribution in [3.63, 3.8) is 0 Å². The Morgan fingerprint density at radius 1 is 1.69 bits per heavy atom. The number of amides is 2. The maximum Gasteiger partial charge on any atom is 0.316 e. The molecule has 1 aromatic rings. The van der Waals surface area contributed by atoms with Gasteiger partial charge in [0.1, 0.15) is 5.82 Å². The topological polar surface area (TPSA) is 71.2 Å². The molecule has 0 saturated heterocycles. The molecule has 2 amide bonds. The van der Waals surface area contributed by atoms with Crippen LogP contribution in [0.3, 0.4) is 0 Å². The first-order valence-corrected chi connectivity index (χ1v) is 3.99. The van der Waals surface area contributed by atoms with Gasteiger partial charge in [0.15, 0.2) is 0 Å². The number of urea groups is 1. The molecule has 68 valence electrons. The molecule has 2 rings (SSSR count). The number of hydrogen-bond acceptors (Lipinski definition) is 3. The number of anilines is 1.